The van der Waals surface area contributed by atoms with Crippen molar-refractivity contribution < 1.29 is 9.21 Å². The van der Waals surface area contributed by atoms with Crippen molar-refractivity contribution in [1.82, 2.24) is 5.32 Å². The molecule has 0 atom stereocenters. The first-order chi connectivity index (χ1) is 13.2. The summed E-state index contributed by atoms with van der Waals surface area (Å²) in [7, 11) is 0. The Bertz CT molecular complexity index is 1090. The Hall–Kier alpha value is -3.44. The summed E-state index contributed by atoms with van der Waals surface area (Å²) in [5, 5.41) is 6.86. The smallest absolute Gasteiger partial charge is 0.293 e. The molecule has 0 saturated heterocycles. The fourth-order valence-electron chi connectivity index (χ4n) is 2.87. The van der Waals surface area contributed by atoms with E-state index in [2.05, 4.69) is 10.6 Å². The summed E-state index contributed by atoms with van der Waals surface area (Å²) in [6, 6.07) is 26.9. The third-order valence-corrected chi connectivity index (χ3v) is 4.34. The molecule has 0 aliphatic rings. The number of carbonyl (C=O) groups excluding carboxylic acids is 1. The van der Waals surface area contributed by atoms with Crippen LogP contribution >= 0.6 is 12.2 Å². The van der Waals surface area contributed by atoms with Crippen LogP contribution in [0.25, 0.3) is 22.1 Å². The summed E-state index contributed by atoms with van der Waals surface area (Å²) in [4.78, 5) is 12.4. The molecule has 4 nitrogen and oxygen atoms in total. The molecule has 27 heavy (non-hydrogen) atoms. The highest BCUT2D eigenvalue weighted by atomic mass is 32.1. The number of fused-ring (bicyclic) bond motifs is 1. The molecule has 0 bridgehead atoms. The largest absolute Gasteiger partial charge is 0.451 e. The van der Waals surface area contributed by atoms with E-state index in [1.54, 1.807) is 6.07 Å². The molecule has 0 fully saturated rings. The van der Waals surface area contributed by atoms with Gasteiger partial charge < -0.3 is 9.73 Å². The van der Waals surface area contributed by atoms with E-state index < -0.39 is 0 Å². The second kappa shape index (κ2) is 7.43. The maximum Gasteiger partial charge on any atom is 0.293 e. The van der Waals surface area contributed by atoms with Crippen molar-refractivity contribution in [3.8, 4) is 11.1 Å². The van der Waals surface area contributed by atoms with Crippen LogP contribution in [0.15, 0.2) is 89.3 Å². The third kappa shape index (κ3) is 3.73. The zero-order valence-electron chi connectivity index (χ0n) is 14.3. The average molecular weight is 372 g/mol. The highest BCUT2D eigenvalue weighted by Crippen LogP contribution is 2.27. The molecule has 1 aromatic heterocycles. The fraction of sp³-hybridized carbons (Fsp3) is 0. The first kappa shape index (κ1) is 17.0. The number of thiocarbonyl (C=S) groups is 1. The molecule has 1 amide bonds. The van der Waals surface area contributed by atoms with Crippen LogP contribution in [0.5, 0.6) is 0 Å². The van der Waals surface area contributed by atoms with E-state index in [1.165, 1.54) is 0 Å². The quantitative estimate of drug-likeness (QED) is 0.484. The van der Waals surface area contributed by atoms with Gasteiger partial charge in [0, 0.05) is 16.6 Å². The Morgan fingerprint density at radius 2 is 1.56 bits per heavy atom. The number of anilines is 1. The number of carbonyl (C=O) groups is 1. The lowest BCUT2D eigenvalue weighted by Gasteiger charge is -2.13. The lowest BCUT2D eigenvalue weighted by atomic mass is 10.0. The maximum absolute atomic E-state index is 12.4. The van der Waals surface area contributed by atoms with Crippen molar-refractivity contribution in [2.75, 3.05) is 5.32 Å². The van der Waals surface area contributed by atoms with Crippen LogP contribution in [0, 0.1) is 0 Å². The van der Waals surface area contributed by atoms with E-state index in [0.29, 0.717) is 5.58 Å². The first-order valence-corrected chi connectivity index (χ1v) is 8.87. The number of nitrogens with one attached hydrogen (secondary N) is 2. The van der Waals surface area contributed by atoms with Crippen LogP contribution in [0.1, 0.15) is 10.6 Å². The molecule has 2 N–H and O–H groups in total. The van der Waals surface area contributed by atoms with E-state index >= 15 is 0 Å². The van der Waals surface area contributed by atoms with Gasteiger partial charge in [0.1, 0.15) is 5.58 Å². The molecule has 4 rings (SSSR count). The highest BCUT2D eigenvalue weighted by molar-refractivity contribution is 7.80. The van der Waals surface area contributed by atoms with Gasteiger partial charge in [0.15, 0.2) is 10.9 Å². The molecule has 5 heteroatoms. The van der Waals surface area contributed by atoms with Crippen LogP contribution in [0.2, 0.25) is 0 Å². The van der Waals surface area contributed by atoms with Crippen LogP contribution in [0.3, 0.4) is 0 Å². The topological polar surface area (TPSA) is 54.3 Å². The summed E-state index contributed by atoms with van der Waals surface area (Å²) < 4.78 is 5.57. The van der Waals surface area contributed by atoms with E-state index in [4.69, 9.17) is 16.6 Å². The Morgan fingerprint density at radius 1 is 0.852 bits per heavy atom. The van der Waals surface area contributed by atoms with Gasteiger partial charge in [-0.2, -0.15) is 0 Å². The summed E-state index contributed by atoms with van der Waals surface area (Å²) >= 11 is 5.32. The standard InChI is InChI=1S/C22H16N2O2S/c25-21(20-14-16-10-4-7-13-19(16)26-20)24-22(27)23-18-12-6-5-11-17(18)15-8-2-1-3-9-15/h1-14H,(H2,23,24,25,27). The molecule has 4 aromatic rings. The number of rotatable bonds is 3. The minimum Gasteiger partial charge on any atom is -0.451 e. The van der Waals surface area contributed by atoms with Crippen molar-refractivity contribution in [3.05, 3.63) is 90.7 Å². The van der Waals surface area contributed by atoms with Gasteiger partial charge >= 0.3 is 0 Å². The summed E-state index contributed by atoms with van der Waals surface area (Å²) in [6.45, 7) is 0. The van der Waals surface area contributed by atoms with Crippen LogP contribution in [-0.2, 0) is 0 Å². The molecule has 3 aromatic carbocycles. The fourth-order valence-corrected chi connectivity index (χ4v) is 3.08. The number of para-hydroxylation sites is 2. The molecule has 0 saturated carbocycles. The zero-order valence-corrected chi connectivity index (χ0v) is 15.1. The molecule has 0 spiro atoms. The van der Waals surface area contributed by atoms with Gasteiger partial charge in [0.25, 0.3) is 5.91 Å². The van der Waals surface area contributed by atoms with Crippen molar-refractivity contribution in [2.24, 2.45) is 0 Å². The Labute approximate surface area is 161 Å². The van der Waals surface area contributed by atoms with Crippen molar-refractivity contribution >= 4 is 39.9 Å². The SMILES string of the molecule is O=C(NC(=S)Nc1ccccc1-c1ccccc1)c1cc2ccccc2o1. The van der Waals surface area contributed by atoms with Gasteiger partial charge in [0.05, 0.1) is 0 Å². The normalized spacial score (nSPS) is 10.5. The van der Waals surface area contributed by atoms with Gasteiger partial charge in [-0.05, 0) is 36.0 Å². The Kier molecular flexibility index (Phi) is 4.68. The molecular formula is C22H16N2O2S. The zero-order chi connectivity index (χ0) is 18.6. The summed E-state index contributed by atoms with van der Waals surface area (Å²) in [5.74, 6) is -0.169. The predicted molar refractivity (Wildman–Crippen MR) is 112 cm³/mol. The number of hydrogen-bond acceptors (Lipinski definition) is 3. The van der Waals surface area contributed by atoms with Gasteiger partial charge in [-0.3, -0.25) is 10.1 Å². The molecule has 132 valence electrons. The van der Waals surface area contributed by atoms with Crippen molar-refractivity contribution in [2.45, 2.75) is 0 Å². The average Bonchev–Trinajstić information content (AvgIpc) is 3.13. The molecule has 0 unspecified atom stereocenters. The number of furan rings is 1. The molecule has 0 radical (unpaired) electrons. The number of benzene rings is 3. The van der Waals surface area contributed by atoms with Gasteiger partial charge in [-0.1, -0.05) is 66.7 Å². The number of amides is 1. The van der Waals surface area contributed by atoms with E-state index in [0.717, 1.165) is 22.2 Å². The van der Waals surface area contributed by atoms with Crippen LogP contribution in [0.4, 0.5) is 5.69 Å². The third-order valence-electron chi connectivity index (χ3n) is 4.14. The molecular weight excluding hydrogens is 356 g/mol. The van der Waals surface area contributed by atoms with E-state index in [1.807, 2.05) is 78.9 Å². The van der Waals surface area contributed by atoms with Crippen molar-refractivity contribution in [1.29, 1.82) is 0 Å². The van der Waals surface area contributed by atoms with Gasteiger partial charge in [0.2, 0.25) is 0 Å². The molecule has 0 aliphatic heterocycles. The Morgan fingerprint density at radius 3 is 2.37 bits per heavy atom. The highest BCUT2D eigenvalue weighted by Gasteiger charge is 2.14. The van der Waals surface area contributed by atoms with E-state index in [9.17, 15) is 4.79 Å². The maximum atomic E-state index is 12.4. The monoisotopic (exact) mass is 372 g/mol. The predicted octanol–water partition coefficient (Wildman–Crippen LogP) is 5.23. The minimum atomic E-state index is -0.388. The van der Waals surface area contributed by atoms with Gasteiger partial charge in [-0.25, -0.2) is 0 Å². The van der Waals surface area contributed by atoms with Crippen LogP contribution in [-0.4, -0.2) is 11.0 Å². The minimum absolute atomic E-state index is 0.212. The number of hydrogen-bond donors (Lipinski definition) is 2. The lowest BCUT2D eigenvalue weighted by Crippen LogP contribution is -2.34. The van der Waals surface area contributed by atoms with E-state index in [-0.39, 0.29) is 16.8 Å². The van der Waals surface area contributed by atoms with Gasteiger partial charge in [-0.15, -0.1) is 0 Å². The molecule has 1 heterocycles. The Balaban J connectivity index is 1.51. The first-order valence-electron chi connectivity index (χ1n) is 8.46. The lowest BCUT2D eigenvalue weighted by molar-refractivity contribution is 0.0953. The summed E-state index contributed by atoms with van der Waals surface area (Å²) in [5.41, 5.74) is 3.54. The second-order valence-corrected chi connectivity index (χ2v) is 6.38. The second-order valence-electron chi connectivity index (χ2n) is 5.97. The van der Waals surface area contributed by atoms with Crippen LogP contribution < -0.4 is 10.6 Å². The summed E-state index contributed by atoms with van der Waals surface area (Å²) in [6.07, 6.45) is 0. The van der Waals surface area contributed by atoms with Crippen molar-refractivity contribution in [3.63, 3.8) is 0 Å². The molecule has 0 aliphatic carbocycles.